The summed E-state index contributed by atoms with van der Waals surface area (Å²) in [6.45, 7) is 2.81. The van der Waals surface area contributed by atoms with Crippen LogP contribution in [0.4, 0.5) is 0 Å². The Hall–Kier alpha value is -1.07. The van der Waals surface area contributed by atoms with Gasteiger partial charge in [0.1, 0.15) is 6.04 Å². The van der Waals surface area contributed by atoms with E-state index in [2.05, 4.69) is 10.4 Å². The van der Waals surface area contributed by atoms with Gasteiger partial charge in [-0.1, -0.05) is 11.6 Å². The number of carbonyl (C=O) groups excluding carboxylic acids is 1. The Morgan fingerprint density at radius 3 is 3.00 bits per heavy atom. The van der Waals surface area contributed by atoms with Gasteiger partial charge >= 0.3 is 5.97 Å². The van der Waals surface area contributed by atoms with Gasteiger partial charge in [-0.05, 0) is 20.4 Å². The zero-order valence-electron chi connectivity index (χ0n) is 9.44. The normalized spacial score (nSPS) is 12.4. The van der Waals surface area contributed by atoms with E-state index in [9.17, 15) is 4.79 Å². The first-order valence-corrected chi connectivity index (χ1v) is 5.57. The summed E-state index contributed by atoms with van der Waals surface area (Å²) in [6.07, 6.45) is 3.91. The van der Waals surface area contributed by atoms with Gasteiger partial charge in [-0.3, -0.25) is 9.48 Å². The fourth-order valence-corrected chi connectivity index (χ4v) is 1.50. The highest BCUT2D eigenvalue weighted by Crippen LogP contribution is 2.06. The van der Waals surface area contributed by atoms with Crippen LogP contribution in [0.3, 0.4) is 0 Å². The highest BCUT2D eigenvalue weighted by atomic mass is 35.5. The lowest BCUT2D eigenvalue weighted by Crippen LogP contribution is -2.36. The van der Waals surface area contributed by atoms with Crippen LogP contribution in [0.15, 0.2) is 12.4 Å². The quantitative estimate of drug-likeness (QED) is 0.762. The molecule has 1 aromatic rings. The van der Waals surface area contributed by atoms with E-state index in [1.54, 1.807) is 31.0 Å². The first-order valence-electron chi connectivity index (χ1n) is 5.19. The molecule has 1 unspecified atom stereocenters. The van der Waals surface area contributed by atoms with Crippen molar-refractivity contribution in [3.05, 3.63) is 17.4 Å². The van der Waals surface area contributed by atoms with Gasteiger partial charge in [0.05, 0.1) is 17.8 Å². The molecule has 0 aromatic carbocycles. The van der Waals surface area contributed by atoms with Crippen LogP contribution in [-0.4, -0.2) is 35.4 Å². The van der Waals surface area contributed by atoms with Gasteiger partial charge in [0.2, 0.25) is 0 Å². The largest absolute Gasteiger partial charge is 0.465 e. The van der Waals surface area contributed by atoms with E-state index in [4.69, 9.17) is 16.3 Å². The summed E-state index contributed by atoms with van der Waals surface area (Å²) in [4.78, 5) is 11.5. The van der Waals surface area contributed by atoms with Gasteiger partial charge in [0.15, 0.2) is 0 Å². The summed E-state index contributed by atoms with van der Waals surface area (Å²) in [6, 6.07) is -0.303. The molecule has 1 N–H and O–H groups in total. The Bertz CT molecular complexity index is 341. The van der Waals surface area contributed by atoms with Gasteiger partial charge in [-0.2, -0.15) is 5.10 Å². The zero-order chi connectivity index (χ0) is 12.0. The minimum absolute atomic E-state index is 0.233. The van der Waals surface area contributed by atoms with Crippen molar-refractivity contribution in [1.82, 2.24) is 15.1 Å². The van der Waals surface area contributed by atoms with Crippen LogP contribution in [0.5, 0.6) is 0 Å². The van der Waals surface area contributed by atoms with Gasteiger partial charge in [0, 0.05) is 12.7 Å². The molecule has 0 aliphatic carbocycles. The predicted octanol–water partition coefficient (Wildman–Crippen LogP) is 1.08. The molecule has 0 bridgehead atoms. The van der Waals surface area contributed by atoms with Crippen molar-refractivity contribution < 1.29 is 9.53 Å². The minimum atomic E-state index is -0.303. The third kappa shape index (κ3) is 3.83. The molecule has 0 radical (unpaired) electrons. The molecule has 1 atom stereocenters. The number of esters is 1. The van der Waals surface area contributed by atoms with Crippen LogP contribution < -0.4 is 5.32 Å². The van der Waals surface area contributed by atoms with Crippen LogP contribution in [0.1, 0.15) is 13.3 Å². The molecular formula is C10H16ClN3O2. The van der Waals surface area contributed by atoms with Crippen molar-refractivity contribution in [3.8, 4) is 0 Å². The summed E-state index contributed by atoms with van der Waals surface area (Å²) in [5.74, 6) is -0.233. The topological polar surface area (TPSA) is 56.2 Å². The number of ether oxygens (including phenoxy) is 1. The minimum Gasteiger partial charge on any atom is -0.465 e. The molecule has 0 aliphatic heterocycles. The summed E-state index contributed by atoms with van der Waals surface area (Å²) in [5.41, 5.74) is 0. The van der Waals surface area contributed by atoms with Crippen LogP contribution in [0.2, 0.25) is 5.02 Å². The monoisotopic (exact) mass is 245 g/mol. The Morgan fingerprint density at radius 2 is 2.50 bits per heavy atom. The number of nitrogens with zero attached hydrogens (tertiary/aromatic N) is 2. The molecule has 90 valence electrons. The molecule has 0 saturated heterocycles. The highest BCUT2D eigenvalue weighted by Gasteiger charge is 2.17. The predicted molar refractivity (Wildman–Crippen MR) is 61.3 cm³/mol. The Labute approximate surface area is 99.7 Å². The average Bonchev–Trinajstić information content (AvgIpc) is 2.65. The van der Waals surface area contributed by atoms with E-state index in [0.29, 0.717) is 24.6 Å². The smallest absolute Gasteiger partial charge is 0.323 e. The molecule has 1 rings (SSSR count). The molecule has 5 nitrogen and oxygen atoms in total. The molecule has 16 heavy (non-hydrogen) atoms. The van der Waals surface area contributed by atoms with Crippen molar-refractivity contribution in [2.45, 2.75) is 25.9 Å². The van der Waals surface area contributed by atoms with E-state index in [1.807, 2.05) is 0 Å². The fourth-order valence-electron chi connectivity index (χ4n) is 1.34. The van der Waals surface area contributed by atoms with E-state index in [0.717, 1.165) is 0 Å². The maximum atomic E-state index is 11.5. The van der Waals surface area contributed by atoms with Crippen LogP contribution in [-0.2, 0) is 16.1 Å². The van der Waals surface area contributed by atoms with Gasteiger partial charge in [-0.15, -0.1) is 0 Å². The van der Waals surface area contributed by atoms with Crippen molar-refractivity contribution >= 4 is 17.6 Å². The molecule has 6 heteroatoms. The number of hydrogen-bond acceptors (Lipinski definition) is 4. The molecule has 0 spiro atoms. The standard InChI is InChI=1S/C10H16ClN3O2/c1-3-16-10(15)9(12-2)4-5-14-7-8(11)6-13-14/h6-7,9,12H,3-5H2,1-2H3. The summed E-state index contributed by atoms with van der Waals surface area (Å²) >= 11 is 5.73. The molecular weight excluding hydrogens is 230 g/mol. The lowest BCUT2D eigenvalue weighted by atomic mass is 10.2. The second kappa shape index (κ2) is 6.50. The van der Waals surface area contributed by atoms with Crippen LogP contribution in [0.25, 0.3) is 0 Å². The van der Waals surface area contributed by atoms with Crippen molar-refractivity contribution in [2.75, 3.05) is 13.7 Å². The van der Waals surface area contributed by atoms with Crippen molar-refractivity contribution in [2.24, 2.45) is 0 Å². The number of halogens is 1. The Morgan fingerprint density at radius 1 is 1.75 bits per heavy atom. The molecule has 0 amide bonds. The molecule has 0 aliphatic rings. The van der Waals surface area contributed by atoms with Gasteiger partial charge in [-0.25, -0.2) is 0 Å². The van der Waals surface area contributed by atoms with E-state index in [1.165, 1.54) is 0 Å². The third-order valence-corrected chi connectivity index (χ3v) is 2.36. The van der Waals surface area contributed by atoms with Gasteiger partial charge in [0.25, 0.3) is 0 Å². The highest BCUT2D eigenvalue weighted by molar-refractivity contribution is 6.30. The number of aromatic nitrogens is 2. The molecule has 1 aromatic heterocycles. The Balaban J connectivity index is 2.42. The Kier molecular flexibility index (Phi) is 5.28. The lowest BCUT2D eigenvalue weighted by molar-refractivity contribution is -0.145. The first-order chi connectivity index (χ1) is 7.67. The maximum Gasteiger partial charge on any atom is 0.323 e. The van der Waals surface area contributed by atoms with Crippen molar-refractivity contribution in [3.63, 3.8) is 0 Å². The van der Waals surface area contributed by atoms with E-state index in [-0.39, 0.29) is 12.0 Å². The zero-order valence-corrected chi connectivity index (χ0v) is 10.2. The third-order valence-electron chi connectivity index (χ3n) is 2.17. The maximum absolute atomic E-state index is 11.5. The number of aryl methyl sites for hydroxylation is 1. The number of carbonyl (C=O) groups is 1. The van der Waals surface area contributed by atoms with Crippen molar-refractivity contribution in [1.29, 1.82) is 0 Å². The summed E-state index contributed by atoms with van der Waals surface area (Å²) in [7, 11) is 1.73. The second-order valence-corrected chi connectivity index (χ2v) is 3.74. The number of rotatable bonds is 6. The second-order valence-electron chi connectivity index (χ2n) is 3.30. The molecule has 0 fully saturated rings. The van der Waals surface area contributed by atoms with Crippen LogP contribution >= 0.6 is 11.6 Å². The van der Waals surface area contributed by atoms with E-state index >= 15 is 0 Å². The average molecular weight is 246 g/mol. The van der Waals surface area contributed by atoms with E-state index < -0.39 is 0 Å². The van der Waals surface area contributed by atoms with Gasteiger partial charge < -0.3 is 10.1 Å². The summed E-state index contributed by atoms with van der Waals surface area (Å²) in [5, 5.41) is 7.54. The van der Waals surface area contributed by atoms with Crippen LogP contribution in [0, 0.1) is 0 Å². The molecule has 1 heterocycles. The number of likely N-dealkylation sites (N-methyl/N-ethyl adjacent to an activating group) is 1. The SMILES string of the molecule is CCOC(=O)C(CCn1cc(Cl)cn1)NC. The summed E-state index contributed by atoms with van der Waals surface area (Å²) < 4.78 is 6.63. The molecule has 0 saturated carbocycles. The lowest BCUT2D eigenvalue weighted by Gasteiger charge is -2.14. The first kappa shape index (κ1) is 13.0. The number of hydrogen-bond donors (Lipinski definition) is 1. The fraction of sp³-hybridized carbons (Fsp3) is 0.600. The number of nitrogens with one attached hydrogen (secondary N) is 1.